The van der Waals surface area contributed by atoms with Gasteiger partial charge in [-0.3, -0.25) is 0 Å². The van der Waals surface area contributed by atoms with Gasteiger partial charge in [-0.2, -0.15) is 0 Å². The predicted octanol–water partition coefficient (Wildman–Crippen LogP) is 3.97. The number of hydrogen-bond donors (Lipinski definition) is 1. The standard InChI is InChI=1S/C17H20BrNO2/c1-19-17(8-12-4-6-14(18)7-5-12)13-9-15(20-2)11-16(10-13)21-3/h4-7,9-11,17,19H,8H2,1-3H3. The molecule has 2 aromatic carbocycles. The monoisotopic (exact) mass is 349 g/mol. The topological polar surface area (TPSA) is 30.5 Å². The highest BCUT2D eigenvalue weighted by Crippen LogP contribution is 2.28. The maximum absolute atomic E-state index is 5.34. The second kappa shape index (κ2) is 7.48. The van der Waals surface area contributed by atoms with E-state index in [9.17, 15) is 0 Å². The molecule has 4 heteroatoms. The van der Waals surface area contributed by atoms with Gasteiger partial charge >= 0.3 is 0 Å². The quantitative estimate of drug-likeness (QED) is 0.855. The summed E-state index contributed by atoms with van der Waals surface area (Å²) in [5.41, 5.74) is 2.43. The van der Waals surface area contributed by atoms with E-state index in [1.807, 2.05) is 25.2 Å². The highest BCUT2D eigenvalue weighted by Gasteiger charge is 2.13. The molecule has 112 valence electrons. The molecule has 0 saturated heterocycles. The number of methoxy groups -OCH3 is 2. The van der Waals surface area contributed by atoms with Gasteiger partial charge in [0.25, 0.3) is 0 Å². The van der Waals surface area contributed by atoms with E-state index in [0.717, 1.165) is 28.0 Å². The minimum Gasteiger partial charge on any atom is -0.497 e. The zero-order chi connectivity index (χ0) is 15.2. The fourth-order valence-electron chi connectivity index (χ4n) is 2.27. The van der Waals surface area contributed by atoms with Crippen LogP contribution >= 0.6 is 15.9 Å². The Morgan fingerprint density at radius 3 is 2.05 bits per heavy atom. The van der Waals surface area contributed by atoms with Crippen molar-refractivity contribution in [3.8, 4) is 11.5 Å². The first-order chi connectivity index (χ1) is 10.2. The van der Waals surface area contributed by atoms with Crippen molar-refractivity contribution in [2.75, 3.05) is 21.3 Å². The molecule has 0 spiro atoms. The van der Waals surface area contributed by atoms with Gasteiger partial charge in [0, 0.05) is 16.6 Å². The van der Waals surface area contributed by atoms with E-state index in [1.54, 1.807) is 14.2 Å². The average Bonchev–Trinajstić information content (AvgIpc) is 2.53. The fraction of sp³-hybridized carbons (Fsp3) is 0.294. The van der Waals surface area contributed by atoms with Crippen LogP contribution < -0.4 is 14.8 Å². The third-order valence-electron chi connectivity index (χ3n) is 3.48. The van der Waals surface area contributed by atoms with Crippen molar-refractivity contribution in [2.24, 2.45) is 0 Å². The maximum Gasteiger partial charge on any atom is 0.122 e. The third kappa shape index (κ3) is 4.22. The summed E-state index contributed by atoms with van der Waals surface area (Å²) in [5.74, 6) is 1.61. The lowest BCUT2D eigenvalue weighted by Crippen LogP contribution is -2.19. The zero-order valence-corrected chi connectivity index (χ0v) is 14.1. The van der Waals surface area contributed by atoms with Crippen LogP contribution in [0.5, 0.6) is 11.5 Å². The zero-order valence-electron chi connectivity index (χ0n) is 12.5. The second-order valence-electron chi connectivity index (χ2n) is 4.82. The molecule has 0 aliphatic heterocycles. The number of hydrogen-bond acceptors (Lipinski definition) is 3. The molecule has 0 fully saturated rings. The molecule has 2 rings (SSSR count). The summed E-state index contributed by atoms with van der Waals surface area (Å²) >= 11 is 3.46. The van der Waals surface area contributed by atoms with Crippen LogP contribution in [0.25, 0.3) is 0 Å². The Labute approximate surface area is 134 Å². The van der Waals surface area contributed by atoms with E-state index in [0.29, 0.717) is 0 Å². The molecule has 0 aliphatic carbocycles. The molecule has 1 atom stereocenters. The predicted molar refractivity (Wildman–Crippen MR) is 89.2 cm³/mol. The normalized spacial score (nSPS) is 12.0. The van der Waals surface area contributed by atoms with Gasteiger partial charge in [0.1, 0.15) is 11.5 Å². The van der Waals surface area contributed by atoms with Crippen LogP contribution in [0.1, 0.15) is 17.2 Å². The summed E-state index contributed by atoms with van der Waals surface area (Å²) in [7, 11) is 5.30. The van der Waals surface area contributed by atoms with Gasteiger partial charge in [0.2, 0.25) is 0 Å². The smallest absolute Gasteiger partial charge is 0.122 e. The Kier molecular flexibility index (Phi) is 5.65. The van der Waals surface area contributed by atoms with Gasteiger partial charge in [-0.1, -0.05) is 28.1 Å². The lowest BCUT2D eigenvalue weighted by atomic mass is 9.98. The minimum absolute atomic E-state index is 0.204. The summed E-state index contributed by atoms with van der Waals surface area (Å²) in [6, 6.07) is 14.6. The molecule has 0 radical (unpaired) electrons. The van der Waals surface area contributed by atoms with Crippen molar-refractivity contribution in [1.29, 1.82) is 0 Å². The molecule has 21 heavy (non-hydrogen) atoms. The van der Waals surface area contributed by atoms with Crippen molar-refractivity contribution in [2.45, 2.75) is 12.5 Å². The highest BCUT2D eigenvalue weighted by molar-refractivity contribution is 9.10. The number of halogens is 1. The second-order valence-corrected chi connectivity index (χ2v) is 5.73. The molecule has 2 aromatic rings. The number of rotatable bonds is 6. The van der Waals surface area contributed by atoms with E-state index >= 15 is 0 Å². The molecular formula is C17H20BrNO2. The fourth-order valence-corrected chi connectivity index (χ4v) is 2.54. The maximum atomic E-state index is 5.34. The van der Waals surface area contributed by atoms with Crippen molar-refractivity contribution >= 4 is 15.9 Å². The molecule has 0 bridgehead atoms. The van der Waals surface area contributed by atoms with Crippen LogP contribution in [0.15, 0.2) is 46.9 Å². The van der Waals surface area contributed by atoms with E-state index < -0.39 is 0 Å². The van der Waals surface area contributed by atoms with Crippen LogP contribution in [-0.2, 0) is 6.42 Å². The van der Waals surface area contributed by atoms with Gasteiger partial charge in [-0.05, 0) is 48.9 Å². The molecular weight excluding hydrogens is 330 g/mol. The Hall–Kier alpha value is -1.52. The van der Waals surface area contributed by atoms with E-state index in [4.69, 9.17) is 9.47 Å². The molecule has 0 heterocycles. The van der Waals surface area contributed by atoms with Crippen LogP contribution in [0.4, 0.5) is 0 Å². The minimum atomic E-state index is 0.204. The van der Waals surface area contributed by atoms with Crippen LogP contribution in [-0.4, -0.2) is 21.3 Å². The molecule has 0 aliphatic rings. The number of ether oxygens (including phenoxy) is 2. The summed E-state index contributed by atoms with van der Waals surface area (Å²) < 4.78 is 11.8. The summed E-state index contributed by atoms with van der Waals surface area (Å²) in [6.45, 7) is 0. The Morgan fingerprint density at radius 1 is 1.00 bits per heavy atom. The summed E-state index contributed by atoms with van der Waals surface area (Å²) in [4.78, 5) is 0. The van der Waals surface area contributed by atoms with Crippen molar-refractivity contribution in [3.05, 3.63) is 58.1 Å². The number of benzene rings is 2. The first kappa shape index (κ1) is 15.9. The van der Waals surface area contributed by atoms with Gasteiger partial charge in [0.15, 0.2) is 0 Å². The number of nitrogens with one attached hydrogen (secondary N) is 1. The average molecular weight is 350 g/mol. The Balaban J connectivity index is 2.25. The Morgan fingerprint density at radius 2 is 1.57 bits per heavy atom. The van der Waals surface area contributed by atoms with Crippen LogP contribution in [0, 0.1) is 0 Å². The number of likely N-dealkylation sites (N-methyl/N-ethyl adjacent to an activating group) is 1. The molecule has 0 aromatic heterocycles. The molecule has 0 amide bonds. The van der Waals surface area contributed by atoms with E-state index in [2.05, 4.69) is 45.5 Å². The van der Waals surface area contributed by atoms with Crippen molar-refractivity contribution in [3.63, 3.8) is 0 Å². The van der Waals surface area contributed by atoms with E-state index in [-0.39, 0.29) is 6.04 Å². The lowest BCUT2D eigenvalue weighted by Gasteiger charge is -2.18. The molecule has 1 N–H and O–H groups in total. The van der Waals surface area contributed by atoms with Gasteiger partial charge in [0.05, 0.1) is 14.2 Å². The van der Waals surface area contributed by atoms with E-state index in [1.165, 1.54) is 5.56 Å². The SMILES string of the molecule is CNC(Cc1ccc(Br)cc1)c1cc(OC)cc(OC)c1. The summed E-state index contributed by atoms with van der Waals surface area (Å²) in [5, 5.41) is 3.36. The van der Waals surface area contributed by atoms with Crippen LogP contribution in [0.3, 0.4) is 0 Å². The van der Waals surface area contributed by atoms with Crippen molar-refractivity contribution in [1.82, 2.24) is 5.32 Å². The van der Waals surface area contributed by atoms with Gasteiger partial charge in [-0.15, -0.1) is 0 Å². The lowest BCUT2D eigenvalue weighted by molar-refractivity contribution is 0.392. The Bertz CT molecular complexity index is 562. The highest BCUT2D eigenvalue weighted by atomic mass is 79.9. The first-order valence-corrected chi connectivity index (χ1v) is 7.60. The first-order valence-electron chi connectivity index (χ1n) is 6.81. The molecule has 3 nitrogen and oxygen atoms in total. The largest absolute Gasteiger partial charge is 0.497 e. The molecule has 1 unspecified atom stereocenters. The summed E-state index contributed by atoms with van der Waals surface area (Å²) in [6.07, 6.45) is 0.903. The van der Waals surface area contributed by atoms with Gasteiger partial charge in [-0.25, -0.2) is 0 Å². The molecule has 0 saturated carbocycles. The van der Waals surface area contributed by atoms with Gasteiger partial charge < -0.3 is 14.8 Å². The third-order valence-corrected chi connectivity index (χ3v) is 4.01. The van der Waals surface area contributed by atoms with Crippen LogP contribution in [0.2, 0.25) is 0 Å². The van der Waals surface area contributed by atoms with Crippen molar-refractivity contribution < 1.29 is 9.47 Å².